The highest BCUT2D eigenvalue weighted by molar-refractivity contribution is 6.10. The molecule has 0 aliphatic rings. The van der Waals surface area contributed by atoms with Crippen LogP contribution in [-0.4, -0.2) is 23.1 Å². The molecule has 110 valence electrons. The molecule has 0 saturated heterocycles. The van der Waals surface area contributed by atoms with Gasteiger partial charge in [-0.2, -0.15) is 0 Å². The third kappa shape index (κ3) is 2.51. The summed E-state index contributed by atoms with van der Waals surface area (Å²) < 4.78 is 6.44. The number of ketones is 1. The lowest BCUT2D eigenvalue weighted by atomic mass is 10.0. The highest BCUT2D eigenvalue weighted by Gasteiger charge is 2.13. The molecule has 0 N–H and O–H groups in total. The molecule has 2 aromatic carbocycles. The molecule has 4 heteroatoms. The molecular weight excluding hydrogens is 278 g/mol. The van der Waals surface area contributed by atoms with Gasteiger partial charge in [0.25, 0.3) is 0 Å². The average molecular weight is 293 g/mol. The van der Waals surface area contributed by atoms with E-state index < -0.39 is 6.09 Å². The van der Waals surface area contributed by atoms with Crippen LogP contribution in [0.5, 0.6) is 0 Å². The van der Waals surface area contributed by atoms with Gasteiger partial charge >= 0.3 is 6.09 Å². The zero-order valence-electron chi connectivity index (χ0n) is 12.2. The summed E-state index contributed by atoms with van der Waals surface area (Å²) in [4.78, 5) is 24.4. The van der Waals surface area contributed by atoms with Crippen LogP contribution in [0.3, 0.4) is 0 Å². The molecule has 1 heterocycles. The minimum Gasteiger partial charge on any atom is -0.449 e. The minimum absolute atomic E-state index is 0.0703. The molecule has 0 saturated carbocycles. The van der Waals surface area contributed by atoms with Crippen LogP contribution in [0.4, 0.5) is 4.79 Å². The molecule has 0 fully saturated rings. The Morgan fingerprint density at radius 2 is 1.77 bits per heavy atom. The summed E-state index contributed by atoms with van der Waals surface area (Å²) in [7, 11) is 0. The fourth-order valence-electron chi connectivity index (χ4n) is 2.38. The number of aromatic nitrogens is 1. The third-order valence-corrected chi connectivity index (χ3v) is 3.46. The van der Waals surface area contributed by atoms with E-state index in [9.17, 15) is 9.59 Å². The van der Waals surface area contributed by atoms with Gasteiger partial charge in [-0.05, 0) is 19.1 Å². The topological polar surface area (TPSA) is 48.3 Å². The fourth-order valence-corrected chi connectivity index (χ4v) is 2.38. The smallest absolute Gasteiger partial charge is 0.418 e. The van der Waals surface area contributed by atoms with Gasteiger partial charge in [0.15, 0.2) is 5.78 Å². The Morgan fingerprint density at radius 3 is 2.50 bits per heavy atom. The van der Waals surface area contributed by atoms with Gasteiger partial charge in [-0.3, -0.25) is 9.36 Å². The second kappa shape index (κ2) is 5.85. The van der Waals surface area contributed by atoms with Crippen molar-refractivity contribution in [1.29, 1.82) is 0 Å². The van der Waals surface area contributed by atoms with Gasteiger partial charge in [-0.1, -0.05) is 42.5 Å². The summed E-state index contributed by atoms with van der Waals surface area (Å²) in [6, 6.07) is 16.2. The number of carbonyl (C=O) groups excluding carboxylic acids is 2. The zero-order chi connectivity index (χ0) is 15.5. The van der Waals surface area contributed by atoms with Gasteiger partial charge in [0.2, 0.25) is 0 Å². The number of benzene rings is 2. The first-order valence-corrected chi connectivity index (χ1v) is 7.08. The van der Waals surface area contributed by atoms with Crippen LogP contribution in [0.25, 0.3) is 10.9 Å². The van der Waals surface area contributed by atoms with E-state index in [4.69, 9.17) is 4.74 Å². The Hall–Kier alpha value is -2.88. The molecule has 0 aliphatic heterocycles. The molecule has 4 nitrogen and oxygen atoms in total. The van der Waals surface area contributed by atoms with Crippen molar-refractivity contribution in [3.05, 3.63) is 71.9 Å². The average Bonchev–Trinajstić information content (AvgIpc) is 2.98. The number of nitrogens with zero attached hydrogens (tertiary/aromatic N) is 1. The number of hydrogen-bond acceptors (Lipinski definition) is 3. The van der Waals surface area contributed by atoms with Crippen LogP contribution in [-0.2, 0) is 4.74 Å². The lowest BCUT2D eigenvalue weighted by Crippen LogP contribution is -2.12. The van der Waals surface area contributed by atoms with Crippen LogP contribution in [0.15, 0.2) is 60.8 Å². The molecule has 22 heavy (non-hydrogen) atoms. The van der Waals surface area contributed by atoms with Gasteiger partial charge in [-0.25, -0.2) is 4.79 Å². The van der Waals surface area contributed by atoms with Gasteiger partial charge < -0.3 is 4.74 Å². The Morgan fingerprint density at radius 1 is 1.00 bits per heavy atom. The standard InChI is InChI=1S/C18H15NO3/c1-2-22-18(21)19-11-10-13-8-9-15(12-16(13)19)17(20)14-6-4-3-5-7-14/h3-12H,2H2,1H3. The van der Waals surface area contributed by atoms with Gasteiger partial charge in [0, 0.05) is 22.7 Å². The maximum atomic E-state index is 12.5. The number of fused-ring (bicyclic) bond motifs is 1. The molecule has 0 unspecified atom stereocenters. The van der Waals surface area contributed by atoms with Gasteiger partial charge in [0.1, 0.15) is 0 Å². The van der Waals surface area contributed by atoms with Crippen molar-refractivity contribution in [3.8, 4) is 0 Å². The number of hydrogen-bond donors (Lipinski definition) is 0. The molecule has 0 aliphatic carbocycles. The van der Waals surface area contributed by atoms with E-state index in [0.717, 1.165) is 5.39 Å². The molecule has 0 amide bonds. The summed E-state index contributed by atoms with van der Waals surface area (Å²) in [5.41, 5.74) is 1.83. The lowest BCUT2D eigenvalue weighted by Gasteiger charge is -2.06. The molecule has 0 atom stereocenters. The largest absolute Gasteiger partial charge is 0.449 e. The first-order chi connectivity index (χ1) is 10.7. The van der Waals surface area contributed by atoms with Crippen molar-refractivity contribution in [2.45, 2.75) is 6.92 Å². The summed E-state index contributed by atoms with van der Waals surface area (Å²) in [5.74, 6) is -0.0703. The van der Waals surface area contributed by atoms with Crippen LogP contribution >= 0.6 is 0 Å². The Bertz CT molecular complexity index is 834. The van der Waals surface area contributed by atoms with Crippen molar-refractivity contribution in [2.24, 2.45) is 0 Å². The number of rotatable bonds is 3. The lowest BCUT2D eigenvalue weighted by molar-refractivity contribution is 0.103. The minimum atomic E-state index is -0.443. The maximum absolute atomic E-state index is 12.5. The highest BCUT2D eigenvalue weighted by atomic mass is 16.5. The summed E-state index contributed by atoms with van der Waals surface area (Å²) >= 11 is 0. The van der Waals surface area contributed by atoms with Crippen molar-refractivity contribution in [3.63, 3.8) is 0 Å². The molecule has 3 aromatic rings. The summed E-state index contributed by atoms with van der Waals surface area (Å²) in [6.45, 7) is 2.06. The Kier molecular flexibility index (Phi) is 3.74. The van der Waals surface area contributed by atoms with Crippen molar-refractivity contribution >= 4 is 22.8 Å². The highest BCUT2D eigenvalue weighted by Crippen LogP contribution is 2.20. The molecule has 0 bridgehead atoms. The quantitative estimate of drug-likeness (QED) is 0.689. The first kappa shape index (κ1) is 14.1. The third-order valence-electron chi connectivity index (χ3n) is 3.46. The molecule has 0 radical (unpaired) electrons. The van der Waals surface area contributed by atoms with E-state index >= 15 is 0 Å². The van der Waals surface area contributed by atoms with Crippen LogP contribution < -0.4 is 0 Å². The Labute approximate surface area is 127 Å². The van der Waals surface area contributed by atoms with Gasteiger partial charge in [-0.15, -0.1) is 0 Å². The normalized spacial score (nSPS) is 10.6. The second-order valence-electron chi connectivity index (χ2n) is 4.85. The molecule has 0 spiro atoms. The van der Waals surface area contributed by atoms with Crippen molar-refractivity contribution in [2.75, 3.05) is 6.61 Å². The van der Waals surface area contributed by atoms with Crippen LogP contribution in [0, 0.1) is 0 Å². The SMILES string of the molecule is CCOC(=O)n1ccc2ccc(C(=O)c3ccccc3)cc21. The van der Waals surface area contributed by atoms with E-state index in [1.807, 2.05) is 30.3 Å². The van der Waals surface area contributed by atoms with Crippen molar-refractivity contribution < 1.29 is 14.3 Å². The predicted octanol–water partition coefficient (Wildman–Crippen LogP) is 3.88. The maximum Gasteiger partial charge on any atom is 0.418 e. The summed E-state index contributed by atoms with van der Waals surface area (Å²) in [6.07, 6.45) is 1.21. The molecule has 1 aromatic heterocycles. The van der Waals surface area contributed by atoms with Crippen molar-refractivity contribution in [1.82, 2.24) is 4.57 Å². The van der Waals surface area contributed by atoms with E-state index in [0.29, 0.717) is 23.3 Å². The number of ether oxygens (including phenoxy) is 1. The molecular formula is C18H15NO3. The zero-order valence-corrected chi connectivity index (χ0v) is 12.2. The van der Waals surface area contributed by atoms with E-state index in [2.05, 4.69) is 0 Å². The van der Waals surface area contributed by atoms with E-state index in [1.54, 1.807) is 37.4 Å². The van der Waals surface area contributed by atoms with Crippen LogP contribution in [0.1, 0.15) is 22.8 Å². The fraction of sp³-hybridized carbons (Fsp3) is 0.111. The first-order valence-electron chi connectivity index (χ1n) is 7.08. The molecule has 3 rings (SSSR count). The summed E-state index contributed by atoms with van der Waals surface area (Å²) in [5, 5.41) is 0.887. The van der Waals surface area contributed by atoms with Crippen LogP contribution in [0.2, 0.25) is 0 Å². The predicted molar refractivity (Wildman–Crippen MR) is 84.2 cm³/mol. The number of carbonyl (C=O) groups is 2. The van der Waals surface area contributed by atoms with Gasteiger partial charge in [0.05, 0.1) is 12.1 Å². The Balaban J connectivity index is 2.04. The van der Waals surface area contributed by atoms with E-state index in [1.165, 1.54) is 4.57 Å². The second-order valence-corrected chi connectivity index (χ2v) is 4.85. The van der Waals surface area contributed by atoms with E-state index in [-0.39, 0.29) is 5.78 Å². The monoisotopic (exact) mass is 293 g/mol.